The zero-order valence-corrected chi connectivity index (χ0v) is 9.13. The minimum atomic E-state index is 0.262. The van der Waals surface area contributed by atoms with Gasteiger partial charge < -0.3 is 10.2 Å². The van der Waals surface area contributed by atoms with Crippen LogP contribution in [0.5, 0.6) is 0 Å². The van der Waals surface area contributed by atoms with Gasteiger partial charge in [0.15, 0.2) is 0 Å². The summed E-state index contributed by atoms with van der Waals surface area (Å²) in [6, 6.07) is 14.1. The Morgan fingerprint density at radius 2 is 1.82 bits per heavy atom. The molecule has 0 radical (unpaired) electrons. The Labute approximate surface area is 98.1 Å². The molecule has 0 aliphatic rings. The second-order valence-corrected chi connectivity index (χ2v) is 3.73. The van der Waals surface area contributed by atoms with Gasteiger partial charge in [-0.05, 0) is 16.8 Å². The maximum atomic E-state index is 5.48. The van der Waals surface area contributed by atoms with Crippen LogP contribution < -0.4 is 5.73 Å². The lowest BCUT2D eigenvalue weighted by Crippen LogP contribution is -1.95. The van der Waals surface area contributed by atoms with Crippen LogP contribution in [-0.4, -0.2) is 10.2 Å². The largest absolute Gasteiger partial charge is 0.419 e. The second kappa shape index (κ2) is 3.99. The average molecular weight is 225 g/mol. The number of hydrogen-bond acceptors (Lipinski definition) is 4. The van der Waals surface area contributed by atoms with Crippen LogP contribution in [0.15, 0.2) is 46.9 Å². The van der Waals surface area contributed by atoms with Crippen LogP contribution in [0.4, 0.5) is 0 Å². The van der Waals surface area contributed by atoms with Crippen molar-refractivity contribution in [2.45, 2.75) is 6.54 Å². The van der Waals surface area contributed by atoms with Crippen LogP contribution in [0, 0.1) is 0 Å². The summed E-state index contributed by atoms with van der Waals surface area (Å²) in [7, 11) is 0. The van der Waals surface area contributed by atoms with E-state index in [0.29, 0.717) is 11.8 Å². The molecular weight excluding hydrogens is 214 g/mol. The van der Waals surface area contributed by atoms with Crippen molar-refractivity contribution < 1.29 is 4.42 Å². The minimum absolute atomic E-state index is 0.262. The summed E-state index contributed by atoms with van der Waals surface area (Å²) in [4.78, 5) is 0. The molecule has 4 nitrogen and oxygen atoms in total. The van der Waals surface area contributed by atoms with E-state index < -0.39 is 0 Å². The molecule has 2 N–H and O–H groups in total. The molecule has 0 bridgehead atoms. The van der Waals surface area contributed by atoms with E-state index in [2.05, 4.69) is 22.3 Å². The van der Waals surface area contributed by atoms with Gasteiger partial charge in [0.25, 0.3) is 0 Å². The highest BCUT2D eigenvalue weighted by molar-refractivity contribution is 5.94. The molecule has 0 spiro atoms. The topological polar surface area (TPSA) is 64.9 Å². The molecule has 0 aliphatic carbocycles. The van der Waals surface area contributed by atoms with Gasteiger partial charge >= 0.3 is 0 Å². The smallest absolute Gasteiger partial charge is 0.248 e. The summed E-state index contributed by atoms with van der Waals surface area (Å²) in [5.74, 6) is 0.968. The summed E-state index contributed by atoms with van der Waals surface area (Å²) in [6.45, 7) is 0.262. The molecular formula is C13H11N3O. The monoisotopic (exact) mass is 225 g/mol. The molecule has 17 heavy (non-hydrogen) atoms. The quantitative estimate of drug-likeness (QED) is 0.727. The first kappa shape index (κ1) is 9.99. The lowest BCUT2D eigenvalue weighted by Gasteiger charge is -2.01. The predicted molar refractivity (Wildman–Crippen MR) is 65.1 cm³/mol. The van der Waals surface area contributed by atoms with E-state index in [9.17, 15) is 0 Å². The summed E-state index contributed by atoms with van der Waals surface area (Å²) in [5, 5.41) is 10.1. The lowest BCUT2D eigenvalue weighted by molar-refractivity contribution is 0.509. The first-order chi connectivity index (χ1) is 8.38. The fraction of sp³-hybridized carbons (Fsp3) is 0.0769. The summed E-state index contributed by atoms with van der Waals surface area (Å²) < 4.78 is 5.48. The van der Waals surface area contributed by atoms with Gasteiger partial charge in [0, 0.05) is 5.56 Å². The van der Waals surface area contributed by atoms with Crippen LogP contribution in [-0.2, 0) is 6.54 Å². The third-order valence-electron chi connectivity index (χ3n) is 2.66. The van der Waals surface area contributed by atoms with E-state index in [1.54, 1.807) is 0 Å². The second-order valence-electron chi connectivity index (χ2n) is 3.73. The van der Waals surface area contributed by atoms with Gasteiger partial charge in [-0.3, -0.25) is 0 Å². The maximum Gasteiger partial charge on any atom is 0.248 e. The van der Waals surface area contributed by atoms with Crippen molar-refractivity contribution in [3.05, 3.63) is 48.4 Å². The van der Waals surface area contributed by atoms with Crippen LogP contribution >= 0.6 is 0 Å². The standard InChI is InChI=1S/C13H11N3O/c14-8-12-15-16-13(17-12)11-7-3-5-9-4-1-2-6-10(9)11/h1-7H,8,14H2. The molecule has 1 aromatic heterocycles. The maximum absolute atomic E-state index is 5.48. The molecule has 4 heteroatoms. The van der Waals surface area contributed by atoms with E-state index in [-0.39, 0.29) is 6.54 Å². The van der Waals surface area contributed by atoms with Gasteiger partial charge in [-0.25, -0.2) is 0 Å². The van der Waals surface area contributed by atoms with Gasteiger partial charge in [-0.15, -0.1) is 10.2 Å². The van der Waals surface area contributed by atoms with Gasteiger partial charge in [0.05, 0.1) is 6.54 Å². The molecule has 0 aliphatic heterocycles. The molecule has 0 atom stereocenters. The highest BCUT2D eigenvalue weighted by Crippen LogP contribution is 2.27. The van der Waals surface area contributed by atoms with Crippen LogP contribution in [0.2, 0.25) is 0 Å². The van der Waals surface area contributed by atoms with Gasteiger partial charge in [0.2, 0.25) is 11.8 Å². The zero-order valence-electron chi connectivity index (χ0n) is 9.13. The number of hydrogen-bond donors (Lipinski definition) is 1. The highest BCUT2D eigenvalue weighted by atomic mass is 16.4. The molecule has 3 rings (SSSR count). The summed E-state index contributed by atoms with van der Waals surface area (Å²) in [6.07, 6.45) is 0. The van der Waals surface area contributed by atoms with Gasteiger partial charge in [-0.2, -0.15) is 0 Å². The lowest BCUT2D eigenvalue weighted by atomic mass is 10.0. The third kappa shape index (κ3) is 1.68. The molecule has 1 heterocycles. The van der Waals surface area contributed by atoms with Crippen molar-refractivity contribution in [1.82, 2.24) is 10.2 Å². The Balaban J connectivity index is 2.23. The van der Waals surface area contributed by atoms with Crippen molar-refractivity contribution in [1.29, 1.82) is 0 Å². The predicted octanol–water partition coefficient (Wildman–Crippen LogP) is 2.35. The Morgan fingerprint density at radius 3 is 2.65 bits per heavy atom. The Bertz CT molecular complexity index is 655. The van der Waals surface area contributed by atoms with E-state index >= 15 is 0 Å². The molecule has 0 saturated heterocycles. The fourth-order valence-corrected chi connectivity index (χ4v) is 1.86. The normalized spacial score (nSPS) is 10.9. The van der Waals surface area contributed by atoms with E-state index in [0.717, 1.165) is 16.3 Å². The molecule has 2 aromatic carbocycles. The zero-order chi connectivity index (χ0) is 11.7. The molecule has 0 saturated carbocycles. The summed E-state index contributed by atoms with van der Waals surface area (Å²) >= 11 is 0. The van der Waals surface area contributed by atoms with Crippen molar-refractivity contribution in [2.75, 3.05) is 0 Å². The van der Waals surface area contributed by atoms with Gasteiger partial charge in [0.1, 0.15) is 0 Å². The number of nitrogens with zero attached hydrogens (tertiary/aromatic N) is 2. The number of nitrogens with two attached hydrogens (primary N) is 1. The molecule has 0 amide bonds. The Morgan fingerprint density at radius 1 is 1.00 bits per heavy atom. The number of aromatic nitrogens is 2. The van der Waals surface area contributed by atoms with Crippen LogP contribution in [0.25, 0.3) is 22.2 Å². The molecule has 84 valence electrons. The number of fused-ring (bicyclic) bond motifs is 1. The fourth-order valence-electron chi connectivity index (χ4n) is 1.86. The highest BCUT2D eigenvalue weighted by Gasteiger charge is 2.10. The van der Waals surface area contributed by atoms with Crippen molar-refractivity contribution in [2.24, 2.45) is 5.73 Å². The average Bonchev–Trinajstić information content (AvgIpc) is 2.87. The molecule has 3 aromatic rings. The van der Waals surface area contributed by atoms with Crippen molar-refractivity contribution >= 4 is 10.8 Å². The SMILES string of the molecule is NCc1nnc(-c2cccc3ccccc23)o1. The Kier molecular flexibility index (Phi) is 2.34. The van der Waals surface area contributed by atoms with Crippen molar-refractivity contribution in [3.63, 3.8) is 0 Å². The van der Waals surface area contributed by atoms with Crippen molar-refractivity contribution in [3.8, 4) is 11.5 Å². The van der Waals surface area contributed by atoms with E-state index in [1.165, 1.54) is 0 Å². The molecule has 0 fully saturated rings. The van der Waals surface area contributed by atoms with Gasteiger partial charge in [-0.1, -0.05) is 36.4 Å². The van der Waals surface area contributed by atoms with Crippen LogP contribution in [0.3, 0.4) is 0 Å². The first-order valence-electron chi connectivity index (χ1n) is 5.39. The first-order valence-corrected chi connectivity index (χ1v) is 5.39. The Hall–Kier alpha value is -2.20. The van der Waals surface area contributed by atoms with E-state index in [1.807, 2.05) is 30.3 Å². The minimum Gasteiger partial charge on any atom is -0.419 e. The number of benzene rings is 2. The number of rotatable bonds is 2. The molecule has 0 unspecified atom stereocenters. The van der Waals surface area contributed by atoms with E-state index in [4.69, 9.17) is 10.2 Å². The van der Waals surface area contributed by atoms with Crippen LogP contribution in [0.1, 0.15) is 5.89 Å². The third-order valence-corrected chi connectivity index (χ3v) is 2.66. The summed E-state index contributed by atoms with van der Waals surface area (Å²) in [5.41, 5.74) is 6.40.